The maximum absolute atomic E-state index is 5.59. The first-order valence-corrected chi connectivity index (χ1v) is 6.90. The minimum atomic E-state index is 0.567. The largest absolute Gasteiger partial charge is 0.493 e. The standard InChI is InChI=1S/C13H19NOS/c1-10(9-14)16-7-5-11-2-3-13-12(8-11)4-6-15-13/h2-3,8,10H,4-7,9,14H2,1H3. The van der Waals surface area contributed by atoms with E-state index in [1.807, 2.05) is 11.8 Å². The molecule has 0 bridgehead atoms. The molecule has 2 nitrogen and oxygen atoms in total. The summed E-state index contributed by atoms with van der Waals surface area (Å²) in [5.74, 6) is 2.23. The number of aryl methyl sites for hydroxylation is 1. The molecule has 1 atom stereocenters. The van der Waals surface area contributed by atoms with Crippen molar-refractivity contribution >= 4 is 11.8 Å². The van der Waals surface area contributed by atoms with Crippen LogP contribution >= 0.6 is 11.8 Å². The van der Waals surface area contributed by atoms with E-state index in [0.29, 0.717) is 5.25 Å². The molecular formula is C13H19NOS. The molecule has 1 aromatic carbocycles. The van der Waals surface area contributed by atoms with Crippen molar-refractivity contribution in [3.8, 4) is 5.75 Å². The Morgan fingerprint density at radius 1 is 1.50 bits per heavy atom. The third-order valence-electron chi connectivity index (χ3n) is 2.88. The highest BCUT2D eigenvalue weighted by atomic mass is 32.2. The average Bonchev–Trinajstić information content (AvgIpc) is 2.76. The summed E-state index contributed by atoms with van der Waals surface area (Å²) in [6.07, 6.45) is 2.19. The molecule has 0 amide bonds. The Kier molecular flexibility index (Phi) is 4.13. The lowest BCUT2D eigenvalue weighted by Crippen LogP contribution is -2.13. The summed E-state index contributed by atoms with van der Waals surface area (Å²) in [5.41, 5.74) is 8.38. The van der Waals surface area contributed by atoms with Crippen LogP contribution in [0.15, 0.2) is 18.2 Å². The van der Waals surface area contributed by atoms with Crippen molar-refractivity contribution in [1.82, 2.24) is 0 Å². The highest BCUT2D eigenvalue weighted by Crippen LogP contribution is 2.26. The van der Waals surface area contributed by atoms with E-state index in [0.717, 1.165) is 37.5 Å². The predicted molar refractivity (Wildman–Crippen MR) is 70.3 cm³/mol. The lowest BCUT2D eigenvalue weighted by atomic mass is 10.1. The smallest absolute Gasteiger partial charge is 0.122 e. The molecule has 0 aromatic heterocycles. The Balaban J connectivity index is 1.86. The lowest BCUT2D eigenvalue weighted by molar-refractivity contribution is 0.357. The molecule has 3 heteroatoms. The second-order valence-electron chi connectivity index (χ2n) is 4.21. The quantitative estimate of drug-likeness (QED) is 0.853. The van der Waals surface area contributed by atoms with Gasteiger partial charge in [0.15, 0.2) is 0 Å². The molecule has 0 saturated heterocycles. The fourth-order valence-electron chi connectivity index (χ4n) is 1.84. The molecule has 0 saturated carbocycles. The minimum absolute atomic E-state index is 0.567. The van der Waals surface area contributed by atoms with Crippen LogP contribution in [0.1, 0.15) is 18.1 Å². The van der Waals surface area contributed by atoms with Crippen LogP contribution in [0.3, 0.4) is 0 Å². The predicted octanol–water partition coefficient (Wildman–Crippen LogP) is 2.24. The number of hydrogen-bond donors (Lipinski definition) is 1. The molecule has 0 spiro atoms. The number of thioether (sulfide) groups is 1. The number of rotatable bonds is 5. The molecule has 2 rings (SSSR count). The summed E-state index contributed by atoms with van der Waals surface area (Å²) in [4.78, 5) is 0. The molecule has 1 aliphatic rings. The molecule has 16 heavy (non-hydrogen) atoms. The molecule has 0 radical (unpaired) electrons. The van der Waals surface area contributed by atoms with E-state index in [4.69, 9.17) is 10.5 Å². The summed E-state index contributed by atoms with van der Waals surface area (Å²) < 4.78 is 5.49. The Morgan fingerprint density at radius 2 is 2.38 bits per heavy atom. The Labute approximate surface area is 102 Å². The number of hydrogen-bond acceptors (Lipinski definition) is 3. The van der Waals surface area contributed by atoms with Crippen molar-refractivity contribution in [1.29, 1.82) is 0 Å². The van der Waals surface area contributed by atoms with Crippen LogP contribution in [0.5, 0.6) is 5.75 Å². The highest BCUT2D eigenvalue weighted by Gasteiger charge is 2.11. The van der Waals surface area contributed by atoms with Gasteiger partial charge in [0.25, 0.3) is 0 Å². The van der Waals surface area contributed by atoms with E-state index in [-0.39, 0.29) is 0 Å². The van der Waals surface area contributed by atoms with Crippen LogP contribution < -0.4 is 10.5 Å². The van der Waals surface area contributed by atoms with Crippen molar-refractivity contribution in [3.63, 3.8) is 0 Å². The Hall–Kier alpha value is -0.670. The number of fused-ring (bicyclic) bond motifs is 1. The number of ether oxygens (including phenoxy) is 1. The molecule has 1 heterocycles. The van der Waals surface area contributed by atoms with Gasteiger partial charge >= 0.3 is 0 Å². The van der Waals surface area contributed by atoms with Crippen LogP contribution in [0.4, 0.5) is 0 Å². The van der Waals surface area contributed by atoms with Gasteiger partial charge in [0.2, 0.25) is 0 Å². The van der Waals surface area contributed by atoms with Gasteiger partial charge in [0.1, 0.15) is 5.75 Å². The van der Waals surface area contributed by atoms with E-state index in [2.05, 4.69) is 25.1 Å². The van der Waals surface area contributed by atoms with Gasteiger partial charge in [0, 0.05) is 18.2 Å². The average molecular weight is 237 g/mol. The van der Waals surface area contributed by atoms with Crippen molar-refractivity contribution in [2.45, 2.75) is 25.0 Å². The van der Waals surface area contributed by atoms with Gasteiger partial charge in [-0.3, -0.25) is 0 Å². The van der Waals surface area contributed by atoms with Gasteiger partial charge in [-0.2, -0.15) is 11.8 Å². The molecule has 88 valence electrons. The van der Waals surface area contributed by atoms with Gasteiger partial charge < -0.3 is 10.5 Å². The Morgan fingerprint density at radius 3 is 3.19 bits per heavy atom. The molecule has 1 aliphatic heterocycles. The summed E-state index contributed by atoms with van der Waals surface area (Å²) in [6, 6.07) is 6.57. The first-order chi connectivity index (χ1) is 7.79. The van der Waals surface area contributed by atoms with Crippen molar-refractivity contribution < 1.29 is 4.74 Å². The zero-order valence-electron chi connectivity index (χ0n) is 9.74. The second kappa shape index (κ2) is 5.60. The topological polar surface area (TPSA) is 35.2 Å². The molecule has 1 aromatic rings. The SMILES string of the molecule is CC(CN)SCCc1ccc2c(c1)CCO2. The maximum Gasteiger partial charge on any atom is 0.122 e. The Bertz CT molecular complexity index is 354. The van der Waals surface area contributed by atoms with Crippen LogP contribution in [0, 0.1) is 0 Å². The third kappa shape index (κ3) is 2.92. The van der Waals surface area contributed by atoms with E-state index in [1.165, 1.54) is 11.1 Å². The van der Waals surface area contributed by atoms with E-state index < -0.39 is 0 Å². The van der Waals surface area contributed by atoms with E-state index in [1.54, 1.807) is 0 Å². The van der Waals surface area contributed by atoms with Crippen LogP contribution in [0.25, 0.3) is 0 Å². The van der Waals surface area contributed by atoms with Crippen molar-refractivity contribution in [2.75, 3.05) is 18.9 Å². The van der Waals surface area contributed by atoms with Crippen molar-refractivity contribution in [3.05, 3.63) is 29.3 Å². The van der Waals surface area contributed by atoms with E-state index in [9.17, 15) is 0 Å². The second-order valence-corrected chi connectivity index (χ2v) is 5.75. The van der Waals surface area contributed by atoms with Crippen LogP contribution in [-0.4, -0.2) is 24.2 Å². The van der Waals surface area contributed by atoms with Gasteiger partial charge in [-0.1, -0.05) is 19.1 Å². The molecule has 0 fully saturated rings. The summed E-state index contributed by atoms with van der Waals surface area (Å²) in [7, 11) is 0. The maximum atomic E-state index is 5.59. The minimum Gasteiger partial charge on any atom is -0.493 e. The zero-order chi connectivity index (χ0) is 11.4. The molecule has 0 aliphatic carbocycles. The van der Waals surface area contributed by atoms with Gasteiger partial charge in [0.05, 0.1) is 6.61 Å². The zero-order valence-corrected chi connectivity index (χ0v) is 10.6. The van der Waals surface area contributed by atoms with Crippen molar-refractivity contribution in [2.24, 2.45) is 5.73 Å². The summed E-state index contributed by atoms with van der Waals surface area (Å²) >= 11 is 1.95. The normalized spacial score (nSPS) is 15.6. The first-order valence-electron chi connectivity index (χ1n) is 5.86. The molecule has 1 unspecified atom stereocenters. The van der Waals surface area contributed by atoms with Crippen LogP contribution in [0.2, 0.25) is 0 Å². The van der Waals surface area contributed by atoms with Gasteiger partial charge in [-0.05, 0) is 29.4 Å². The summed E-state index contributed by atoms with van der Waals surface area (Å²) in [6.45, 7) is 3.79. The van der Waals surface area contributed by atoms with E-state index >= 15 is 0 Å². The molecular weight excluding hydrogens is 218 g/mol. The first kappa shape index (κ1) is 11.8. The van der Waals surface area contributed by atoms with Gasteiger partial charge in [-0.25, -0.2) is 0 Å². The van der Waals surface area contributed by atoms with Crippen LogP contribution in [-0.2, 0) is 12.8 Å². The highest BCUT2D eigenvalue weighted by molar-refractivity contribution is 7.99. The summed E-state index contributed by atoms with van der Waals surface area (Å²) in [5, 5.41) is 0.567. The third-order valence-corrected chi connectivity index (χ3v) is 4.08. The number of nitrogens with two attached hydrogens (primary N) is 1. The molecule has 2 N–H and O–H groups in total. The monoisotopic (exact) mass is 237 g/mol. The van der Waals surface area contributed by atoms with Gasteiger partial charge in [-0.15, -0.1) is 0 Å². The fourth-order valence-corrected chi connectivity index (χ4v) is 2.73. The number of benzene rings is 1. The lowest BCUT2D eigenvalue weighted by Gasteiger charge is -2.08. The fraction of sp³-hybridized carbons (Fsp3) is 0.538.